The molecule has 0 saturated carbocycles. The van der Waals surface area contributed by atoms with Gasteiger partial charge in [0, 0.05) is 26.6 Å². The number of nitrogen functional groups attached to an aromatic ring is 1. The molecule has 0 atom stereocenters. The molecule has 0 aromatic carbocycles. The van der Waals surface area contributed by atoms with Gasteiger partial charge in [0.2, 0.25) is 5.91 Å². The Morgan fingerprint density at radius 1 is 1.45 bits per heavy atom. The van der Waals surface area contributed by atoms with Crippen LogP contribution in [-0.2, 0) is 9.53 Å². The summed E-state index contributed by atoms with van der Waals surface area (Å²) in [5.41, 5.74) is 5.74. The first kappa shape index (κ1) is 16.5. The van der Waals surface area contributed by atoms with E-state index in [1.54, 1.807) is 7.11 Å². The van der Waals surface area contributed by atoms with Crippen LogP contribution in [0, 0.1) is 0 Å². The number of methoxy groups -OCH3 is 1. The third kappa shape index (κ3) is 5.62. The molecule has 0 aliphatic carbocycles. The molecule has 1 aromatic rings. The molecule has 0 unspecified atom stereocenters. The highest BCUT2D eigenvalue weighted by Gasteiger charge is 2.14. The number of nitrogens with one attached hydrogen (secondary N) is 2. The number of aromatic nitrogens is 1. The lowest BCUT2D eigenvalue weighted by Gasteiger charge is -2.11. The number of anilines is 2. The van der Waals surface area contributed by atoms with Gasteiger partial charge in [-0.2, -0.15) is 4.37 Å². The molecule has 1 aromatic heterocycles. The second-order valence-electron chi connectivity index (χ2n) is 4.41. The summed E-state index contributed by atoms with van der Waals surface area (Å²) in [4.78, 5) is 11.5. The van der Waals surface area contributed by atoms with Crippen LogP contribution in [0.15, 0.2) is 0 Å². The summed E-state index contributed by atoms with van der Waals surface area (Å²) in [6, 6.07) is 0. The van der Waals surface area contributed by atoms with Crippen molar-refractivity contribution < 1.29 is 14.3 Å². The summed E-state index contributed by atoms with van der Waals surface area (Å²) in [7, 11) is 1.60. The number of hydrogen-bond acceptors (Lipinski definition) is 7. The molecule has 7 nitrogen and oxygen atoms in total. The van der Waals surface area contributed by atoms with Crippen LogP contribution < -0.4 is 21.1 Å². The molecule has 0 aliphatic heterocycles. The molecule has 0 spiro atoms. The lowest BCUT2D eigenvalue weighted by Crippen LogP contribution is -2.28. The zero-order valence-electron chi connectivity index (χ0n) is 12.1. The third-order valence-electron chi connectivity index (χ3n) is 2.29. The molecular formula is C12H22N4O3S. The number of hydrogen-bond donors (Lipinski definition) is 3. The van der Waals surface area contributed by atoms with Crippen molar-refractivity contribution in [1.29, 1.82) is 0 Å². The van der Waals surface area contributed by atoms with Crippen molar-refractivity contribution in [2.45, 2.75) is 26.4 Å². The van der Waals surface area contributed by atoms with E-state index >= 15 is 0 Å². The van der Waals surface area contributed by atoms with Gasteiger partial charge >= 0.3 is 0 Å². The highest BCUT2D eigenvalue weighted by Crippen LogP contribution is 2.35. The van der Waals surface area contributed by atoms with Crippen LogP contribution in [0.2, 0.25) is 0 Å². The van der Waals surface area contributed by atoms with Gasteiger partial charge < -0.3 is 25.8 Å². The number of carbonyl (C=O) groups is 1. The van der Waals surface area contributed by atoms with Crippen molar-refractivity contribution >= 4 is 28.3 Å². The van der Waals surface area contributed by atoms with Crippen LogP contribution in [-0.4, -0.2) is 43.2 Å². The van der Waals surface area contributed by atoms with E-state index in [0.717, 1.165) is 5.00 Å². The van der Waals surface area contributed by atoms with E-state index in [2.05, 4.69) is 15.0 Å². The fraction of sp³-hybridized carbons (Fsp3) is 0.667. The standard InChI is InChI=1S/C12H22N4O3S/c1-8(2)19-10-11(13)16-20-12(10)15-5-4-9(17)14-6-7-18-3/h8,15H,4-7H2,1-3H3,(H2,13,16)(H,14,17). The van der Waals surface area contributed by atoms with E-state index in [-0.39, 0.29) is 12.0 Å². The number of amides is 1. The van der Waals surface area contributed by atoms with E-state index < -0.39 is 0 Å². The Morgan fingerprint density at radius 2 is 2.20 bits per heavy atom. The maximum Gasteiger partial charge on any atom is 0.221 e. The van der Waals surface area contributed by atoms with Gasteiger partial charge in [-0.15, -0.1) is 0 Å². The quantitative estimate of drug-likeness (QED) is 0.590. The molecular weight excluding hydrogens is 280 g/mol. The van der Waals surface area contributed by atoms with Crippen LogP contribution in [0.3, 0.4) is 0 Å². The average Bonchev–Trinajstić information content (AvgIpc) is 2.71. The van der Waals surface area contributed by atoms with E-state index in [1.165, 1.54) is 11.5 Å². The minimum absolute atomic E-state index is 0.0200. The van der Waals surface area contributed by atoms with E-state index in [9.17, 15) is 4.79 Å². The molecule has 1 amide bonds. The summed E-state index contributed by atoms with van der Waals surface area (Å²) < 4.78 is 14.5. The molecule has 4 N–H and O–H groups in total. The number of ether oxygens (including phenoxy) is 2. The van der Waals surface area contributed by atoms with Gasteiger partial charge in [-0.25, -0.2) is 0 Å². The molecule has 8 heteroatoms. The lowest BCUT2D eigenvalue weighted by molar-refractivity contribution is -0.121. The smallest absolute Gasteiger partial charge is 0.221 e. The monoisotopic (exact) mass is 302 g/mol. The summed E-state index contributed by atoms with van der Waals surface area (Å²) >= 11 is 1.23. The first-order valence-electron chi connectivity index (χ1n) is 6.46. The number of rotatable bonds is 9. The van der Waals surface area contributed by atoms with Gasteiger partial charge in [0.1, 0.15) is 0 Å². The van der Waals surface area contributed by atoms with Gasteiger partial charge in [-0.05, 0) is 25.4 Å². The molecule has 0 fully saturated rings. The Hall–Kier alpha value is -1.54. The van der Waals surface area contributed by atoms with Crippen molar-refractivity contribution in [1.82, 2.24) is 9.69 Å². The highest BCUT2D eigenvalue weighted by molar-refractivity contribution is 7.11. The Bertz CT molecular complexity index is 423. The zero-order chi connectivity index (χ0) is 15.0. The van der Waals surface area contributed by atoms with Crippen LogP contribution in [0.25, 0.3) is 0 Å². The Balaban J connectivity index is 2.36. The molecule has 20 heavy (non-hydrogen) atoms. The van der Waals surface area contributed by atoms with Gasteiger partial charge in [0.15, 0.2) is 16.6 Å². The first-order chi connectivity index (χ1) is 9.54. The van der Waals surface area contributed by atoms with E-state index in [4.69, 9.17) is 15.2 Å². The highest BCUT2D eigenvalue weighted by atomic mass is 32.1. The lowest BCUT2D eigenvalue weighted by atomic mass is 10.4. The van der Waals surface area contributed by atoms with Crippen molar-refractivity contribution in [2.75, 3.05) is 37.9 Å². The van der Waals surface area contributed by atoms with Crippen molar-refractivity contribution in [2.24, 2.45) is 0 Å². The number of nitrogens with zero attached hydrogens (tertiary/aromatic N) is 1. The predicted octanol–water partition coefficient (Wildman–Crippen LogP) is 1.08. The molecule has 114 valence electrons. The van der Waals surface area contributed by atoms with Gasteiger partial charge in [0.25, 0.3) is 0 Å². The molecule has 1 heterocycles. The first-order valence-corrected chi connectivity index (χ1v) is 7.23. The van der Waals surface area contributed by atoms with Crippen LogP contribution in [0.1, 0.15) is 20.3 Å². The second kappa shape index (κ2) is 8.60. The Morgan fingerprint density at radius 3 is 2.85 bits per heavy atom. The summed E-state index contributed by atoms with van der Waals surface area (Å²) in [5.74, 6) is 0.902. The van der Waals surface area contributed by atoms with Crippen molar-refractivity contribution in [3.8, 4) is 5.75 Å². The molecule has 0 aliphatic rings. The normalized spacial score (nSPS) is 10.6. The van der Waals surface area contributed by atoms with Crippen LogP contribution >= 0.6 is 11.5 Å². The summed E-state index contributed by atoms with van der Waals surface area (Å²) in [5, 5.41) is 6.62. The predicted molar refractivity (Wildman–Crippen MR) is 80.3 cm³/mol. The molecule has 0 saturated heterocycles. The molecule has 0 bridgehead atoms. The van der Waals surface area contributed by atoms with Crippen LogP contribution in [0.5, 0.6) is 5.75 Å². The molecule has 0 radical (unpaired) electrons. The van der Waals surface area contributed by atoms with E-state index in [1.807, 2.05) is 13.8 Å². The fourth-order valence-electron chi connectivity index (χ4n) is 1.43. The number of carbonyl (C=O) groups excluding carboxylic acids is 1. The topological polar surface area (TPSA) is 98.5 Å². The SMILES string of the molecule is COCCNC(=O)CCNc1snc(N)c1OC(C)C. The average molecular weight is 302 g/mol. The maximum absolute atomic E-state index is 11.5. The Labute approximate surface area is 123 Å². The van der Waals surface area contributed by atoms with Gasteiger partial charge in [0.05, 0.1) is 12.7 Å². The Kier molecular flexibility index (Phi) is 7.10. The van der Waals surface area contributed by atoms with Gasteiger partial charge in [-0.3, -0.25) is 4.79 Å². The fourth-order valence-corrected chi connectivity index (χ4v) is 2.10. The summed E-state index contributed by atoms with van der Waals surface area (Å²) in [6.45, 7) is 5.37. The van der Waals surface area contributed by atoms with Crippen LogP contribution in [0.4, 0.5) is 10.8 Å². The second-order valence-corrected chi connectivity index (χ2v) is 5.19. The zero-order valence-corrected chi connectivity index (χ0v) is 12.9. The maximum atomic E-state index is 11.5. The number of nitrogens with two attached hydrogens (primary N) is 1. The van der Waals surface area contributed by atoms with Gasteiger partial charge in [-0.1, -0.05) is 0 Å². The third-order valence-corrected chi connectivity index (χ3v) is 3.09. The largest absolute Gasteiger partial charge is 0.484 e. The minimum atomic E-state index is -0.0293. The van der Waals surface area contributed by atoms with Crippen molar-refractivity contribution in [3.63, 3.8) is 0 Å². The van der Waals surface area contributed by atoms with E-state index in [0.29, 0.717) is 37.7 Å². The van der Waals surface area contributed by atoms with Crippen molar-refractivity contribution in [3.05, 3.63) is 0 Å². The molecule has 1 rings (SSSR count). The minimum Gasteiger partial charge on any atom is -0.484 e. The summed E-state index contributed by atoms with van der Waals surface area (Å²) in [6.07, 6.45) is 0.384.